The lowest BCUT2D eigenvalue weighted by Crippen LogP contribution is -2.21. The standard InChI is InChI=1S/C14H19NOS/c1-4-7-9-11-10-13(14(16)15-6-3)17-12(11)8-5-2/h5,7-10H,4,6H2,1-3H3,(H,15,16)/b8-5-,9-7+. The van der Waals surface area contributed by atoms with E-state index in [9.17, 15) is 4.79 Å². The van der Waals surface area contributed by atoms with Gasteiger partial charge in [0.05, 0.1) is 4.88 Å². The number of amides is 1. The number of hydrogen-bond donors (Lipinski definition) is 1. The van der Waals surface area contributed by atoms with E-state index in [0.717, 1.165) is 21.7 Å². The summed E-state index contributed by atoms with van der Waals surface area (Å²) in [5.74, 6) is 0.0133. The van der Waals surface area contributed by atoms with Crippen molar-refractivity contribution in [2.24, 2.45) is 0 Å². The van der Waals surface area contributed by atoms with Crippen molar-refractivity contribution in [3.8, 4) is 0 Å². The molecular weight excluding hydrogens is 230 g/mol. The Morgan fingerprint density at radius 3 is 2.76 bits per heavy atom. The number of carbonyl (C=O) groups excluding carboxylic acids is 1. The Balaban J connectivity index is 3.03. The lowest BCUT2D eigenvalue weighted by atomic mass is 10.2. The predicted molar refractivity (Wildman–Crippen MR) is 76.4 cm³/mol. The molecule has 17 heavy (non-hydrogen) atoms. The molecule has 1 aromatic rings. The van der Waals surface area contributed by atoms with Crippen molar-refractivity contribution < 1.29 is 4.79 Å². The van der Waals surface area contributed by atoms with Gasteiger partial charge in [-0.3, -0.25) is 4.79 Å². The Morgan fingerprint density at radius 2 is 2.18 bits per heavy atom. The van der Waals surface area contributed by atoms with Crippen LogP contribution in [0.1, 0.15) is 47.3 Å². The monoisotopic (exact) mass is 249 g/mol. The Morgan fingerprint density at radius 1 is 1.41 bits per heavy atom. The maximum absolute atomic E-state index is 11.7. The fourth-order valence-electron chi connectivity index (χ4n) is 1.44. The maximum Gasteiger partial charge on any atom is 0.261 e. The van der Waals surface area contributed by atoms with E-state index in [1.165, 1.54) is 11.3 Å². The Bertz CT molecular complexity index is 429. The highest BCUT2D eigenvalue weighted by Gasteiger charge is 2.10. The van der Waals surface area contributed by atoms with Gasteiger partial charge in [0.25, 0.3) is 5.91 Å². The first-order valence-electron chi connectivity index (χ1n) is 5.94. The van der Waals surface area contributed by atoms with Gasteiger partial charge in [0.15, 0.2) is 0 Å². The molecule has 0 bridgehead atoms. The highest BCUT2D eigenvalue weighted by atomic mass is 32.1. The lowest BCUT2D eigenvalue weighted by molar-refractivity contribution is 0.0960. The van der Waals surface area contributed by atoms with Crippen LogP contribution in [0.15, 0.2) is 18.2 Å². The summed E-state index contributed by atoms with van der Waals surface area (Å²) in [6, 6.07) is 1.96. The van der Waals surface area contributed by atoms with Crippen LogP contribution in [0.4, 0.5) is 0 Å². The summed E-state index contributed by atoms with van der Waals surface area (Å²) < 4.78 is 0. The molecule has 0 aliphatic rings. The first-order valence-corrected chi connectivity index (χ1v) is 6.75. The summed E-state index contributed by atoms with van der Waals surface area (Å²) in [7, 11) is 0. The molecule has 92 valence electrons. The average molecular weight is 249 g/mol. The molecular formula is C14H19NOS. The van der Waals surface area contributed by atoms with Gasteiger partial charge in [-0.2, -0.15) is 0 Å². The molecule has 0 spiro atoms. The molecule has 1 amide bonds. The zero-order chi connectivity index (χ0) is 12.7. The predicted octanol–water partition coefficient (Wildman–Crippen LogP) is 3.95. The van der Waals surface area contributed by atoms with Gasteiger partial charge >= 0.3 is 0 Å². The van der Waals surface area contributed by atoms with Gasteiger partial charge in [-0.15, -0.1) is 11.3 Å². The van der Waals surface area contributed by atoms with Crippen molar-refractivity contribution in [3.05, 3.63) is 33.5 Å². The Labute approximate surface area is 107 Å². The van der Waals surface area contributed by atoms with Crippen LogP contribution >= 0.6 is 11.3 Å². The fraction of sp³-hybridized carbons (Fsp3) is 0.357. The molecule has 0 aliphatic heterocycles. The van der Waals surface area contributed by atoms with E-state index in [1.807, 2.05) is 32.1 Å². The quantitative estimate of drug-likeness (QED) is 0.841. The molecule has 1 N–H and O–H groups in total. The zero-order valence-electron chi connectivity index (χ0n) is 10.6. The highest BCUT2D eigenvalue weighted by Crippen LogP contribution is 2.25. The summed E-state index contributed by atoms with van der Waals surface area (Å²) in [6.07, 6.45) is 9.23. The van der Waals surface area contributed by atoms with Crippen molar-refractivity contribution in [3.63, 3.8) is 0 Å². The SMILES string of the molecule is C/C=C\c1sc(C(=O)NCC)cc1/C=C/CC. The highest BCUT2D eigenvalue weighted by molar-refractivity contribution is 7.15. The van der Waals surface area contributed by atoms with E-state index in [4.69, 9.17) is 0 Å². The molecule has 0 saturated carbocycles. The first kappa shape index (κ1) is 13.7. The molecule has 0 fully saturated rings. The summed E-state index contributed by atoms with van der Waals surface area (Å²) in [4.78, 5) is 13.7. The molecule has 3 heteroatoms. The van der Waals surface area contributed by atoms with E-state index in [1.54, 1.807) is 0 Å². The molecule has 0 unspecified atom stereocenters. The van der Waals surface area contributed by atoms with E-state index < -0.39 is 0 Å². The molecule has 1 aromatic heterocycles. The van der Waals surface area contributed by atoms with Gasteiger partial charge in [0.1, 0.15) is 0 Å². The second-order valence-corrected chi connectivity index (χ2v) is 4.68. The summed E-state index contributed by atoms with van der Waals surface area (Å²) in [5.41, 5.74) is 1.12. The Hall–Kier alpha value is -1.35. The van der Waals surface area contributed by atoms with Gasteiger partial charge in [-0.1, -0.05) is 25.2 Å². The van der Waals surface area contributed by atoms with Crippen molar-refractivity contribution in [2.45, 2.75) is 27.2 Å². The van der Waals surface area contributed by atoms with Crippen LogP contribution < -0.4 is 5.32 Å². The molecule has 0 saturated heterocycles. The van der Waals surface area contributed by atoms with Crippen LogP contribution in [-0.2, 0) is 0 Å². The number of hydrogen-bond acceptors (Lipinski definition) is 2. The minimum atomic E-state index is 0.0133. The van der Waals surface area contributed by atoms with Crippen LogP contribution in [0.5, 0.6) is 0 Å². The van der Waals surface area contributed by atoms with Gasteiger partial charge in [0.2, 0.25) is 0 Å². The molecule has 1 heterocycles. The normalized spacial score (nSPS) is 11.5. The second kappa shape index (κ2) is 7.07. The number of nitrogens with one attached hydrogen (secondary N) is 1. The van der Waals surface area contributed by atoms with E-state index in [2.05, 4.69) is 24.4 Å². The minimum Gasteiger partial charge on any atom is -0.352 e. The average Bonchev–Trinajstić information content (AvgIpc) is 2.71. The second-order valence-electron chi connectivity index (χ2n) is 3.60. The van der Waals surface area contributed by atoms with Crippen LogP contribution in [0.25, 0.3) is 12.2 Å². The van der Waals surface area contributed by atoms with Crippen LogP contribution in [0, 0.1) is 0 Å². The van der Waals surface area contributed by atoms with E-state index in [-0.39, 0.29) is 5.91 Å². The first-order chi connectivity index (χ1) is 8.22. The third kappa shape index (κ3) is 3.86. The third-order valence-electron chi connectivity index (χ3n) is 2.20. The molecule has 2 nitrogen and oxygen atoms in total. The number of thiophene rings is 1. The lowest BCUT2D eigenvalue weighted by Gasteiger charge is -1.96. The van der Waals surface area contributed by atoms with Crippen LogP contribution in [0.2, 0.25) is 0 Å². The summed E-state index contributed by atoms with van der Waals surface area (Å²) in [6.45, 7) is 6.67. The molecule has 1 rings (SSSR count). The van der Waals surface area contributed by atoms with Crippen molar-refractivity contribution in [1.82, 2.24) is 5.32 Å². The van der Waals surface area contributed by atoms with Crippen molar-refractivity contribution >= 4 is 29.4 Å². The summed E-state index contributed by atoms with van der Waals surface area (Å²) >= 11 is 1.53. The Kier molecular flexibility index (Phi) is 5.70. The minimum absolute atomic E-state index is 0.0133. The summed E-state index contributed by atoms with van der Waals surface area (Å²) in [5, 5.41) is 2.82. The fourth-order valence-corrected chi connectivity index (χ4v) is 2.47. The van der Waals surface area contributed by atoms with E-state index in [0.29, 0.717) is 6.54 Å². The van der Waals surface area contributed by atoms with Gasteiger partial charge in [-0.05, 0) is 38.0 Å². The number of allylic oxidation sites excluding steroid dienone is 2. The molecule has 0 aliphatic carbocycles. The van der Waals surface area contributed by atoms with Gasteiger partial charge in [-0.25, -0.2) is 0 Å². The molecule has 0 atom stereocenters. The smallest absolute Gasteiger partial charge is 0.261 e. The van der Waals surface area contributed by atoms with Crippen LogP contribution in [0.3, 0.4) is 0 Å². The third-order valence-corrected chi connectivity index (χ3v) is 3.32. The maximum atomic E-state index is 11.7. The van der Waals surface area contributed by atoms with Crippen LogP contribution in [-0.4, -0.2) is 12.5 Å². The molecule has 0 aromatic carbocycles. The van der Waals surface area contributed by atoms with Crippen molar-refractivity contribution in [1.29, 1.82) is 0 Å². The topological polar surface area (TPSA) is 29.1 Å². The number of carbonyl (C=O) groups is 1. The van der Waals surface area contributed by atoms with Gasteiger partial charge in [0, 0.05) is 11.4 Å². The largest absolute Gasteiger partial charge is 0.352 e. The van der Waals surface area contributed by atoms with E-state index >= 15 is 0 Å². The number of rotatable bonds is 5. The van der Waals surface area contributed by atoms with Crippen molar-refractivity contribution in [2.75, 3.05) is 6.54 Å². The zero-order valence-corrected chi connectivity index (χ0v) is 11.4. The molecule has 0 radical (unpaired) electrons. The van der Waals surface area contributed by atoms with Gasteiger partial charge < -0.3 is 5.32 Å².